The van der Waals surface area contributed by atoms with Crippen LogP contribution in [-0.4, -0.2) is 37.0 Å². The highest BCUT2D eigenvalue weighted by atomic mass is 16.2. The van der Waals surface area contributed by atoms with Crippen LogP contribution in [0.4, 0.5) is 0 Å². The van der Waals surface area contributed by atoms with Gasteiger partial charge in [0.05, 0.1) is 6.07 Å². The van der Waals surface area contributed by atoms with Crippen molar-refractivity contribution in [2.75, 3.05) is 20.1 Å². The van der Waals surface area contributed by atoms with E-state index >= 15 is 0 Å². The second-order valence-electron chi connectivity index (χ2n) is 6.08. The summed E-state index contributed by atoms with van der Waals surface area (Å²) in [6, 6.07) is 2.93. The third-order valence-electron chi connectivity index (χ3n) is 4.80. The van der Waals surface area contributed by atoms with Crippen LogP contribution in [0.5, 0.6) is 0 Å². The quantitative estimate of drug-likeness (QED) is 0.826. The molecule has 2 aliphatic carbocycles. The predicted molar refractivity (Wildman–Crippen MR) is 74.4 cm³/mol. The molecule has 2 fully saturated rings. The molecule has 0 aromatic heterocycles. The Morgan fingerprint density at radius 1 is 1.32 bits per heavy atom. The molecule has 2 saturated carbocycles. The minimum Gasteiger partial charge on any atom is -0.353 e. The molecule has 0 saturated heterocycles. The monoisotopic (exact) mass is 263 g/mol. The maximum absolute atomic E-state index is 12.1. The van der Waals surface area contributed by atoms with Crippen molar-refractivity contribution in [3.63, 3.8) is 0 Å². The molecule has 4 nitrogen and oxygen atoms in total. The smallest absolute Gasteiger partial charge is 0.240 e. The number of nitrogens with one attached hydrogen (secondary N) is 1. The van der Waals surface area contributed by atoms with Crippen LogP contribution in [0.15, 0.2) is 0 Å². The van der Waals surface area contributed by atoms with Crippen molar-refractivity contribution in [2.45, 2.75) is 57.4 Å². The van der Waals surface area contributed by atoms with Gasteiger partial charge >= 0.3 is 0 Å². The van der Waals surface area contributed by atoms with Gasteiger partial charge in [0.15, 0.2) is 0 Å². The fourth-order valence-electron chi connectivity index (χ4n) is 3.41. The van der Waals surface area contributed by atoms with Crippen molar-refractivity contribution in [2.24, 2.45) is 5.41 Å². The highest BCUT2D eigenvalue weighted by Gasteiger charge is 2.41. The molecule has 0 spiro atoms. The highest BCUT2D eigenvalue weighted by molar-refractivity contribution is 5.85. The van der Waals surface area contributed by atoms with Gasteiger partial charge in [-0.3, -0.25) is 4.79 Å². The van der Waals surface area contributed by atoms with Gasteiger partial charge in [-0.2, -0.15) is 5.26 Å². The number of amides is 1. The number of nitrogens with zero attached hydrogens (tertiary/aromatic N) is 2. The van der Waals surface area contributed by atoms with E-state index in [1.807, 2.05) is 0 Å². The fourth-order valence-corrected chi connectivity index (χ4v) is 3.41. The lowest BCUT2D eigenvalue weighted by atomic mass is 9.87. The van der Waals surface area contributed by atoms with Gasteiger partial charge in [0.25, 0.3) is 0 Å². The summed E-state index contributed by atoms with van der Waals surface area (Å²) in [7, 11) is 2.14. The maximum Gasteiger partial charge on any atom is 0.240 e. The van der Waals surface area contributed by atoms with Crippen LogP contribution in [0.3, 0.4) is 0 Å². The van der Waals surface area contributed by atoms with E-state index in [1.165, 1.54) is 25.7 Å². The van der Waals surface area contributed by atoms with E-state index in [0.717, 1.165) is 32.2 Å². The van der Waals surface area contributed by atoms with E-state index in [2.05, 4.69) is 23.3 Å². The third kappa shape index (κ3) is 3.27. The van der Waals surface area contributed by atoms with Gasteiger partial charge < -0.3 is 10.2 Å². The Balaban J connectivity index is 1.73. The highest BCUT2D eigenvalue weighted by Crippen LogP contribution is 2.37. The van der Waals surface area contributed by atoms with Crippen molar-refractivity contribution in [3.8, 4) is 6.07 Å². The lowest BCUT2D eigenvalue weighted by Crippen LogP contribution is -2.42. The Hall–Kier alpha value is -1.08. The molecule has 0 aromatic rings. The second-order valence-corrected chi connectivity index (χ2v) is 6.08. The number of likely N-dealkylation sites (N-methyl/N-ethyl adjacent to an activating group) is 1. The van der Waals surface area contributed by atoms with Gasteiger partial charge in [-0.25, -0.2) is 0 Å². The zero-order chi connectivity index (χ0) is 13.7. The normalized spacial score (nSPS) is 22.6. The van der Waals surface area contributed by atoms with Gasteiger partial charge in [-0.15, -0.1) is 0 Å². The summed E-state index contributed by atoms with van der Waals surface area (Å²) in [6.45, 7) is 1.55. The number of hydrogen-bond donors (Lipinski definition) is 1. The topological polar surface area (TPSA) is 56.1 Å². The first-order chi connectivity index (χ1) is 9.18. The molecule has 0 heterocycles. The molecule has 2 rings (SSSR count). The molecule has 0 unspecified atom stereocenters. The van der Waals surface area contributed by atoms with E-state index in [0.29, 0.717) is 12.6 Å². The minimum atomic E-state index is -0.730. The number of carbonyl (C=O) groups is 1. The summed E-state index contributed by atoms with van der Waals surface area (Å²) in [6.07, 6.45) is 8.70. The summed E-state index contributed by atoms with van der Waals surface area (Å²) in [5, 5.41) is 12.2. The first-order valence-electron chi connectivity index (χ1n) is 7.58. The van der Waals surface area contributed by atoms with Crippen molar-refractivity contribution in [3.05, 3.63) is 0 Å². The van der Waals surface area contributed by atoms with Gasteiger partial charge in [0, 0.05) is 19.1 Å². The molecule has 106 valence electrons. The molecule has 0 aromatic carbocycles. The van der Waals surface area contributed by atoms with E-state index in [4.69, 9.17) is 0 Å². The van der Waals surface area contributed by atoms with E-state index in [1.54, 1.807) is 0 Å². The fraction of sp³-hybridized carbons (Fsp3) is 0.867. The molecule has 0 radical (unpaired) electrons. The average molecular weight is 263 g/mol. The average Bonchev–Trinajstić information content (AvgIpc) is 3.10. The summed E-state index contributed by atoms with van der Waals surface area (Å²) >= 11 is 0. The van der Waals surface area contributed by atoms with Gasteiger partial charge in [-0.05, 0) is 32.7 Å². The van der Waals surface area contributed by atoms with Crippen molar-refractivity contribution in [1.29, 1.82) is 5.26 Å². The molecule has 19 heavy (non-hydrogen) atoms. The standard InChI is InChI=1S/C15H25N3O/c1-18(13-6-2-3-7-13)11-10-17-14(19)15(12-16)8-4-5-9-15/h13H,2-11H2,1H3,(H,17,19). The van der Waals surface area contributed by atoms with Crippen molar-refractivity contribution < 1.29 is 4.79 Å². The van der Waals surface area contributed by atoms with Crippen LogP contribution < -0.4 is 5.32 Å². The van der Waals surface area contributed by atoms with Crippen molar-refractivity contribution in [1.82, 2.24) is 10.2 Å². The first kappa shape index (κ1) is 14.3. The first-order valence-corrected chi connectivity index (χ1v) is 7.58. The van der Waals surface area contributed by atoms with Crippen molar-refractivity contribution >= 4 is 5.91 Å². The van der Waals surface area contributed by atoms with Crippen LogP contribution in [0.2, 0.25) is 0 Å². The Bertz CT molecular complexity index is 349. The number of hydrogen-bond acceptors (Lipinski definition) is 3. The summed E-state index contributed by atoms with van der Waals surface area (Å²) in [5.74, 6) is -0.0488. The summed E-state index contributed by atoms with van der Waals surface area (Å²) in [5.41, 5.74) is -0.730. The van der Waals surface area contributed by atoms with E-state index in [9.17, 15) is 10.1 Å². The Morgan fingerprint density at radius 2 is 1.95 bits per heavy atom. The minimum absolute atomic E-state index is 0.0488. The molecule has 4 heteroatoms. The largest absolute Gasteiger partial charge is 0.353 e. The van der Waals surface area contributed by atoms with Crippen LogP contribution in [0.25, 0.3) is 0 Å². The lowest BCUT2D eigenvalue weighted by molar-refractivity contribution is -0.128. The Morgan fingerprint density at radius 3 is 2.53 bits per heavy atom. The molecule has 1 amide bonds. The number of nitriles is 1. The summed E-state index contributed by atoms with van der Waals surface area (Å²) in [4.78, 5) is 14.5. The van der Waals surface area contributed by atoms with Gasteiger partial charge in [0.2, 0.25) is 5.91 Å². The Kier molecular flexibility index (Phi) is 4.81. The van der Waals surface area contributed by atoms with Gasteiger partial charge in [0.1, 0.15) is 5.41 Å². The zero-order valence-electron chi connectivity index (χ0n) is 12.0. The number of rotatable bonds is 5. The Labute approximate surface area is 116 Å². The number of carbonyl (C=O) groups excluding carboxylic acids is 1. The van der Waals surface area contributed by atoms with Crippen LogP contribution in [0.1, 0.15) is 51.4 Å². The van der Waals surface area contributed by atoms with E-state index < -0.39 is 5.41 Å². The summed E-state index contributed by atoms with van der Waals surface area (Å²) < 4.78 is 0. The molecular formula is C15H25N3O. The third-order valence-corrected chi connectivity index (χ3v) is 4.80. The molecular weight excluding hydrogens is 238 g/mol. The molecule has 0 aliphatic heterocycles. The van der Waals surface area contributed by atoms with Gasteiger partial charge in [-0.1, -0.05) is 25.7 Å². The molecule has 2 aliphatic rings. The maximum atomic E-state index is 12.1. The molecule has 1 N–H and O–H groups in total. The lowest BCUT2D eigenvalue weighted by Gasteiger charge is -2.25. The van der Waals surface area contributed by atoms with Crippen LogP contribution >= 0.6 is 0 Å². The SMILES string of the molecule is CN(CCNC(=O)C1(C#N)CCCC1)C1CCCC1. The van der Waals surface area contributed by atoms with E-state index in [-0.39, 0.29) is 5.91 Å². The molecule has 0 atom stereocenters. The van der Waals surface area contributed by atoms with Crippen LogP contribution in [-0.2, 0) is 4.79 Å². The second kappa shape index (κ2) is 6.38. The zero-order valence-corrected chi connectivity index (χ0v) is 12.0. The predicted octanol–water partition coefficient (Wildman–Crippen LogP) is 2.06. The van der Waals surface area contributed by atoms with Crippen LogP contribution in [0, 0.1) is 16.7 Å². The molecule has 0 bridgehead atoms.